The van der Waals surface area contributed by atoms with Crippen LogP contribution in [0, 0.1) is 27.7 Å². The number of hydrogen-bond acceptors (Lipinski definition) is 3. The topological polar surface area (TPSA) is 32.7 Å². The smallest absolute Gasteiger partial charge is 0.122 e. The highest BCUT2D eigenvalue weighted by molar-refractivity contribution is 5.55. The lowest BCUT2D eigenvalue weighted by Gasteiger charge is -2.37. The van der Waals surface area contributed by atoms with E-state index in [0.29, 0.717) is 11.5 Å². The number of ether oxygens (including phenoxy) is 1. The average Bonchev–Trinajstić information content (AvgIpc) is 3.00. The van der Waals surface area contributed by atoms with Gasteiger partial charge in [-0.2, -0.15) is 0 Å². The normalized spacial score (nSPS) is 31.5. The van der Waals surface area contributed by atoms with Gasteiger partial charge in [0.05, 0.1) is 0 Å². The van der Waals surface area contributed by atoms with Crippen LogP contribution in [0.4, 0.5) is 0 Å². The molecule has 0 spiro atoms. The summed E-state index contributed by atoms with van der Waals surface area (Å²) >= 11 is 0. The van der Waals surface area contributed by atoms with E-state index in [1.54, 1.807) is 6.92 Å². The number of aromatic hydroxyl groups is 1. The van der Waals surface area contributed by atoms with Gasteiger partial charge in [0.25, 0.3) is 0 Å². The fourth-order valence-electron chi connectivity index (χ4n) is 6.00. The molecular weight excluding hydrogens is 454 g/mol. The first-order valence-electron chi connectivity index (χ1n) is 16.8. The van der Waals surface area contributed by atoms with Gasteiger partial charge in [-0.05, 0) is 136 Å². The van der Waals surface area contributed by atoms with Crippen LogP contribution in [0.25, 0.3) is 0 Å². The summed E-state index contributed by atoms with van der Waals surface area (Å²) in [6.07, 6.45) is -4.45. The van der Waals surface area contributed by atoms with Crippen molar-refractivity contribution >= 4 is 0 Å². The Labute approximate surface area is 233 Å². The Hall–Kier alpha value is -2.78. The lowest BCUT2D eigenvalue weighted by molar-refractivity contribution is 0.141. The van der Waals surface area contributed by atoms with E-state index in [2.05, 4.69) is 50.2 Å². The summed E-state index contributed by atoms with van der Waals surface area (Å²) in [7, 11) is 0. The third-order valence-electron chi connectivity index (χ3n) is 8.23. The summed E-state index contributed by atoms with van der Waals surface area (Å²) in [4.78, 5) is 0.949. The fourth-order valence-corrected chi connectivity index (χ4v) is 6.00. The van der Waals surface area contributed by atoms with E-state index in [1.165, 1.54) is 29.2 Å². The molecule has 3 heteroatoms. The van der Waals surface area contributed by atoms with Crippen molar-refractivity contribution in [1.82, 2.24) is 4.90 Å². The predicted molar refractivity (Wildman–Crippen MR) is 153 cm³/mol. The van der Waals surface area contributed by atoms with E-state index in [4.69, 9.17) is 14.3 Å². The van der Waals surface area contributed by atoms with Crippen LogP contribution in [0.1, 0.15) is 99.0 Å². The molecule has 0 bridgehead atoms. The lowest BCUT2D eigenvalue weighted by atomic mass is 9.67. The molecule has 0 aromatic heterocycles. The average molecular weight is 505 g/mol. The van der Waals surface area contributed by atoms with Crippen LogP contribution < -0.4 is 4.74 Å². The second-order valence-electron chi connectivity index (χ2n) is 10.7. The van der Waals surface area contributed by atoms with Crippen LogP contribution in [0.2, 0.25) is 0 Å². The Morgan fingerprint density at radius 3 is 2.54 bits per heavy atom. The molecule has 1 aliphatic carbocycles. The van der Waals surface area contributed by atoms with Crippen molar-refractivity contribution in [1.29, 1.82) is 0 Å². The van der Waals surface area contributed by atoms with E-state index in [1.807, 2.05) is 26.0 Å². The van der Waals surface area contributed by atoms with Crippen molar-refractivity contribution < 1.29 is 19.4 Å². The molecule has 0 radical (unpaired) electrons. The van der Waals surface area contributed by atoms with Gasteiger partial charge < -0.3 is 9.84 Å². The molecule has 5 rings (SSSR count). The number of phenols is 1. The highest BCUT2D eigenvalue weighted by Crippen LogP contribution is 2.49. The zero-order valence-corrected chi connectivity index (χ0v) is 22.8. The largest absolute Gasteiger partial charge is 0.508 e. The molecule has 0 saturated carbocycles. The quantitative estimate of drug-likeness (QED) is 0.373. The Morgan fingerprint density at radius 1 is 1.03 bits per heavy atom. The third kappa shape index (κ3) is 5.03. The number of aryl methyl sites for hydroxylation is 3. The zero-order chi connectivity index (χ0) is 32.6. The number of hydrogen-bond donors (Lipinski definition) is 1. The van der Waals surface area contributed by atoms with Gasteiger partial charge >= 0.3 is 0 Å². The second-order valence-corrected chi connectivity index (χ2v) is 10.7. The van der Waals surface area contributed by atoms with Crippen molar-refractivity contribution in [3.63, 3.8) is 0 Å². The predicted octanol–water partition coefficient (Wildman–Crippen LogP) is 7.74. The number of nitrogens with zero attached hydrogens (tertiary/aromatic N) is 1. The Balaban J connectivity index is 1.50. The molecule has 0 amide bonds. The lowest BCUT2D eigenvalue weighted by Crippen LogP contribution is -2.36. The molecule has 3 aromatic rings. The maximum absolute atomic E-state index is 10.5. The summed E-state index contributed by atoms with van der Waals surface area (Å²) < 4.78 is 64.7. The summed E-state index contributed by atoms with van der Waals surface area (Å²) in [5.41, 5.74) is 8.98. The van der Waals surface area contributed by atoms with Crippen molar-refractivity contribution in [2.75, 3.05) is 13.0 Å². The molecule has 2 aliphatic rings. The molecule has 196 valence electrons. The molecule has 37 heavy (non-hydrogen) atoms. The molecular formula is C34H43NO2. The van der Waals surface area contributed by atoms with Gasteiger partial charge in [0.15, 0.2) is 0 Å². The third-order valence-corrected chi connectivity index (χ3v) is 8.23. The van der Waals surface area contributed by atoms with Crippen LogP contribution in [-0.4, -0.2) is 35.2 Å². The molecule has 1 fully saturated rings. The van der Waals surface area contributed by atoms with Gasteiger partial charge in [-0.25, -0.2) is 0 Å². The number of fused-ring (bicyclic) bond motifs is 1. The number of likely N-dealkylation sites (tertiary alicyclic amines) is 1. The molecule has 4 atom stereocenters. The highest BCUT2D eigenvalue weighted by atomic mass is 16.5. The van der Waals surface area contributed by atoms with Gasteiger partial charge in [-0.1, -0.05) is 36.4 Å². The van der Waals surface area contributed by atoms with E-state index in [9.17, 15) is 5.11 Å². The summed E-state index contributed by atoms with van der Waals surface area (Å²) in [6.45, 7) is 8.26. The molecule has 3 nitrogen and oxygen atoms in total. The SMILES string of the molecule is [2H]C1([2H])N(CC(C)Oc2ccc([C@@H]3c4cc(C)c(O)cc4CC[C@@H]3c3ccccc3C)c(C)c2C)C([2H])(C)C([2H])([2H])C1([2H])[2H]. The van der Waals surface area contributed by atoms with Crippen LogP contribution in [0.3, 0.4) is 0 Å². The van der Waals surface area contributed by atoms with Crippen LogP contribution in [0.15, 0.2) is 48.5 Å². The van der Waals surface area contributed by atoms with Gasteiger partial charge in [0, 0.05) is 28.1 Å². The molecule has 1 N–H and O–H groups in total. The van der Waals surface area contributed by atoms with E-state index in [-0.39, 0.29) is 18.4 Å². The minimum atomic E-state index is -2.89. The Kier molecular flexibility index (Phi) is 5.26. The molecule has 3 aromatic carbocycles. The molecule has 1 heterocycles. The Morgan fingerprint density at radius 2 is 1.81 bits per heavy atom. The summed E-state index contributed by atoms with van der Waals surface area (Å²) in [5, 5.41) is 10.5. The van der Waals surface area contributed by atoms with Gasteiger partial charge in [0.1, 0.15) is 17.6 Å². The Bertz CT molecular complexity index is 1560. The standard InChI is InChI=1S/C34H43NO2/c1-21-10-7-8-12-28(21)30-14-13-27-19-32(36)22(2)18-31(27)34(30)29-15-16-33(26(6)25(29)5)37-24(4)20-35-17-9-11-23(35)3/h7-8,10,12,15-16,18-19,23-24,30,34,36H,9,11,13-14,17,20H2,1-6H3/t23?,24?,30-,34+/m1/s1/i9D2,11D2,17D2,23D. The second kappa shape index (κ2) is 10.5. The minimum Gasteiger partial charge on any atom is -0.508 e. The summed E-state index contributed by atoms with van der Waals surface area (Å²) in [5.74, 6) is 1.24. The molecule has 2 unspecified atom stereocenters. The maximum Gasteiger partial charge on any atom is 0.122 e. The molecule has 1 saturated heterocycles. The van der Waals surface area contributed by atoms with Crippen molar-refractivity contribution in [2.24, 2.45) is 0 Å². The van der Waals surface area contributed by atoms with E-state index in [0.717, 1.165) is 40.0 Å². The number of rotatable bonds is 6. The highest BCUT2D eigenvalue weighted by Gasteiger charge is 2.34. The van der Waals surface area contributed by atoms with E-state index < -0.39 is 31.4 Å². The molecule has 1 aliphatic heterocycles. The van der Waals surface area contributed by atoms with Crippen molar-refractivity contribution in [3.8, 4) is 11.5 Å². The van der Waals surface area contributed by atoms with Crippen LogP contribution in [-0.2, 0) is 6.42 Å². The van der Waals surface area contributed by atoms with Gasteiger partial charge in [-0.3, -0.25) is 4.90 Å². The zero-order valence-electron chi connectivity index (χ0n) is 29.8. The van der Waals surface area contributed by atoms with E-state index >= 15 is 0 Å². The van der Waals surface area contributed by atoms with Crippen molar-refractivity contribution in [3.05, 3.63) is 93.0 Å². The first kappa shape index (κ1) is 18.5. The number of phenolic OH excluding ortho intramolecular Hbond substituents is 1. The minimum absolute atomic E-state index is 0.0645. The monoisotopic (exact) mass is 504 g/mol. The number of benzene rings is 3. The maximum atomic E-state index is 10.5. The first-order chi connectivity index (χ1) is 20.3. The summed E-state index contributed by atoms with van der Waals surface area (Å²) in [6, 6.07) is 14.5. The van der Waals surface area contributed by atoms with Gasteiger partial charge in [-0.15, -0.1) is 0 Å². The van der Waals surface area contributed by atoms with Crippen LogP contribution in [0.5, 0.6) is 11.5 Å². The van der Waals surface area contributed by atoms with Crippen molar-refractivity contribution in [2.45, 2.75) is 91.1 Å². The first-order valence-corrected chi connectivity index (χ1v) is 13.3. The van der Waals surface area contributed by atoms with Crippen LogP contribution >= 0.6 is 0 Å². The fraction of sp³-hybridized carbons (Fsp3) is 0.471. The van der Waals surface area contributed by atoms with Gasteiger partial charge in [0.2, 0.25) is 0 Å².